The van der Waals surface area contributed by atoms with E-state index in [-0.39, 0.29) is 0 Å². The fourth-order valence-corrected chi connectivity index (χ4v) is 1.64. The van der Waals surface area contributed by atoms with Gasteiger partial charge >= 0.3 is 0 Å². The molecule has 0 bridgehead atoms. The maximum absolute atomic E-state index is 6.06. The van der Waals surface area contributed by atoms with E-state index >= 15 is 0 Å². The standard InChI is InChI=1S/C12H19ClN2O/c1-3-4-5-6-16-12-11(13)7-10(8-14-2)9-15-12/h7,9,14H,3-6,8H2,1-2H3. The third kappa shape index (κ3) is 4.37. The molecule has 0 atom stereocenters. The molecule has 0 unspecified atom stereocenters. The van der Waals surface area contributed by atoms with Gasteiger partial charge in [0.2, 0.25) is 5.88 Å². The molecule has 1 aromatic rings. The maximum atomic E-state index is 6.06. The van der Waals surface area contributed by atoms with Crippen molar-refractivity contribution in [1.82, 2.24) is 10.3 Å². The Morgan fingerprint density at radius 3 is 2.88 bits per heavy atom. The minimum absolute atomic E-state index is 0.539. The monoisotopic (exact) mass is 242 g/mol. The van der Waals surface area contributed by atoms with E-state index in [9.17, 15) is 0 Å². The molecule has 4 heteroatoms. The average molecular weight is 243 g/mol. The maximum Gasteiger partial charge on any atom is 0.232 e. The highest BCUT2D eigenvalue weighted by Gasteiger charge is 2.04. The van der Waals surface area contributed by atoms with E-state index in [0.29, 0.717) is 17.5 Å². The first-order chi connectivity index (χ1) is 7.77. The summed E-state index contributed by atoms with van der Waals surface area (Å²) in [6, 6.07) is 1.89. The van der Waals surface area contributed by atoms with Crippen LogP contribution < -0.4 is 10.1 Å². The van der Waals surface area contributed by atoms with E-state index < -0.39 is 0 Å². The Morgan fingerprint density at radius 1 is 1.44 bits per heavy atom. The lowest BCUT2D eigenvalue weighted by Crippen LogP contribution is -2.06. The molecule has 0 aliphatic rings. The van der Waals surface area contributed by atoms with Crippen molar-refractivity contribution >= 4 is 11.6 Å². The van der Waals surface area contributed by atoms with Crippen LogP contribution in [-0.4, -0.2) is 18.6 Å². The Morgan fingerprint density at radius 2 is 2.25 bits per heavy atom. The number of unbranched alkanes of at least 4 members (excludes halogenated alkanes) is 2. The molecule has 16 heavy (non-hydrogen) atoms. The van der Waals surface area contributed by atoms with E-state index in [1.807, 2.05) is 13.1 Å². The van der Waals surface area contributed by atoms with Crippen molar-refractivity contribution < 1.29 is 4.74 Å². The molecule has 0 aromatic carbocycles. The molecule has 3 nitrogen and oxygen atoms in total. The van der Waals surface area contributed by atoms with Crippen molar-refractivity contribution in [3.8, 4) is 5.88 Å². The van der Waals surface area contributed by atoms with Gasteiger partial charge in [-0.15, -0.1) is 0 Å². The van der Waals surface area contributed by atoms with Crippen LogP contribution >= 0.6 is 11.6 Å². The van der Waals surface area contributed by atoms with Crippen LogP contribution in [0.3, 0.4) is 0 Å². The van der Waals surface area contributed by atoms with Crippen LogP contribution in [0.15, 0.2) is 12.3 Å². The van der Waals surface area contributed by atoms with Crippen LogP contribution in [0.25, 0.3) is 0 Å². The lowest BCUT2D eigenvalue weighted by atomic mass is 10.3. The van der Waals surface area contributed by atoms with Crippen molar-refractivity contribution in [1.29, 1.82) is 0 Å². The quantitative estimate of drug-likeness (QED) is 0.747. The SMILES string of the molecule is CCCCCOc1ncc(CNC)cc1Cl. The number of hydrogen-bond acceptors (Lipinski definition) is 3. The van der Waals surface area contributed by atoms with Crippen LogP contribution in [0.4, 0.5) is 0 Å². The number of aromatic nitrogens is 1. The molecule has 0 amide bonds. The fourth-order valence-electron chi connectivity index (χ4n) is 1.39. The number of hydrogen-bond donors (Lipinski definition) is 1. The van der Waals surface area contributed by atoms with Crippen LogP contribution in [0.1, 0.15) is 31.7 Å². The minimum Gasteiger partial charge on any atom is -0.477 e. The zero-order valence-electron chi connectivity index (χ0n) is 9.92. The van der Waals surface area contributed by atoms with Crippen molar-refractivity contribution in [3.05, 3.63) is 22.8 Å². The largest absolute Gasteiger partial charge is 0.477 e. The second-order valence-electron chi connectivity index (χ2n) is 3.72. The molecule has 0 saturated heterocycles. The van der Waals surface area contributed by atoms with Crippen LogP contribution in [0.2, 0.25) is 5.02 Å². The van der Waals surface area contributed by atoms with Gasteiger partial charge in [0.25, 0.3) is 0 Å². The summed E-state index contributed by atoms with van der Waals surface area (Å²) in [4.78, 5) is 4.20. The molecule has 0 saturated carbocycles. The molecule has 1 heterocycles. The highest BCUT2D eigenvalue weighted by Crippen LogP contribution is 2.22. The summed E-state index contributed by atoms with van der Waals surface area (Å²) in [5.74, 6) is 0.539. The number of nitrogens with one attached hydrogen (secondary N) is 1. The Hall–Kier alpha value is -0.800. The van der Waals surface area contributed by atoms with E-state index in [4.69, 9.17) is 16.3 Å². The first-order valence-corrected chi connectivity index (χ1v) is 6.07. The van der Waals surface area contributed by atoms with Crippen molar-refractivity contribution in [2.24, 2.45) is 0 Å². The van der Waals surface area contributed by atoms with Gasteiger partial charge in [-0.1, -0.05) is 31.4 Å². The van der Waals surface area contributed by atoms with E-state index in [0.717, 1.165) is 18.5 Å². The molecular formula is C12H19ClN2O. The lowest BCUT2D eigenvalue weighted by Gasteiger charge is -2.07. The van der Waals surface area contributed by atoms with Gasteiger partial charge in [0, 0.05) is 12.7 Å². The second kappa shape index (κ2) is 7.47. The Kier molecular flexibility index (Phi) is 6.19. The first kappa shape index (κ1) is 13.3. The summed E-state index contributed by atoms with van der Waals surface area (Å²) in [6.45, 7) is 3.62. The number of halogens is 1. The number of pyridine rings is 1. The molecule has 0 radical (unpaired) electrons. The second-order valence-corrected chi connectivity index (χ2v) is 4.12. The molecule has 0 spiro atoms. The number of nitrogens with zero attached hydrogens (tertiary/aromatic N) is 1. The number of rotatable bonds is 7. The van der Waals surface area contributed by atoms with Gasteiger partial charge in [-0.2, -0.15) is 0 Å². The summed E-state index contributed by atoms with van der Waals surface area (Å²) in [5, 5.41) is 3.64. The molecule has 1 aromatic heterocycles. The highest BCUT2D eigenvalue weighted by molar-refractivity contribution is 6.31. The van der Waals surface area contributed by atoms with Gasteiger partial charge in [-0.25, -0.2) is 4.98 Å². The van der Waals surface area contributed by atoms with Crippen molar-refractivity contribution in [3.63, 3.8) is 0 Å². The highest BCUT2D eigenvalue weighted by atomic mass is 35.5. The Bertz CT molecular complexity index is 318. The third-order valence-electron chi connectivity index (χ3n) is 2.23. The van der Waals surface area contributed by atoms with Gasteiger partial charge in [-0.05, 0) is 25.1 Å². The molecule has 1 rings (SSSR count). The fraction of sp³-hybridized carbons (Fsp3) is 0.583. The zero-order valence-corrected chi connectivity index (χ0v) is 10.7. The lowest BCUT2D eigenvalue weighted by molar-refractivity contribution is 0.295. The molecular weight excluding hydrogens is 224 g/mol. The van der Waals surface area contributed by atoms with Gasteiger partial charge in [0.05, 0.1) is 6.61 Å². The van der Waals surface area contributed by atoms with E-state index in [2.05, 4.69) is 17.2 Å². The molecule has 90 valence electrons. The van der Waals surface area contributed by atoms with Crippen molar-refractivity contribution in [2.75, 3.05) is 13.7 Å². The van der Waals surface area contributed by atoms with Crippen LogP contribution in [0, 0.1) is 0 Å². The van der Waals surface area contributed by atoms with Gasteiger partial charge in [-0.3, -0.25) is 0 Å². The van der Waals surface area contributed by atoms with Crippen molar-refractivity contribution in [2.45, 2.75) is 32.7 Å². The average Bonchev–Trinajstić information content (AvgIpc) is 2.27. The normalized spacial score (nSPS) is 10.4. The summed E-state index contributed by atoms with van der Waals surface area (Å²) >= 11 is 6.06. The van der Waals surface area contributed by atoms with Gasteiger partial charge < -0.3 is 10.1 Å². The summed E-state index contributed by atoms with van der Waals surface area (Å²) in [6.07, 6.45) is 5.20. The van der Waals surface area contributed by atoms with Gasteiger partial charge in [0.15, 0.2) is 0 Å². The molecule has 0 aliphatic heterocycles. The first-order valence-electron chi connectivity index (χ1n) is 5.69. The zero-order chi connectivity index (χ0) is 11.8. The number of ether oxygens (including phenoxy) is 1. The van der Waals surface area contributed by atoms with Gasteiger partial charge in [0.1, 0.15) is 5.02 Å². The topological polar surface area (TPSA) is 34.1 Å². The summed E-state index contributed by atoms with van der Waals surface area (Å²) in [5.41, 5.74) is 1.06. The Labute approximate surface area is 102 Å². The summed E-state index contributed by atoms with van der Waals surface area (Å²) < 4.78 is 5.51. The predicted molar refractivity (Wildman–Crippen MR) is 67.0 cm³/mol. The van der Waals surface area contributed by atoms with Crippen LogP contribution in [-0.2, 0) is 6.54 Å². The van der Waals surface area contributed by atoms with E-state index in [1.54, 1.807) is 6.20 Å². The smallest absolute Gasteiger partial charge is 0.232 e. The predicted octanol–water partition coefficient (Wildman–Crippen LogP) is 3.02. The minimum atomic E-state index is 0.539. The molecule has 0 fully saturated rings. The summed E-state index contributed by atoms with van der Waals surface area (Å²) in [7, 11) is 1.89. The third-order valence-corrected chi connectivity index (χ3v) is 2.50. The molecule has 1 N–H and O–H groups in total. The van der Waals surface area contributed by atoms with Crippen LogP contribution in [0.5, 0.6) is 5.88 Å². The van der Waals surface area contributed by atoms with E-state index in [1.165, 1.54) is 12.8 Å². The molecule has 0 aliphatic carbocycles. The Balaban J connectivity index is 2.47.